The summed E-state index contributed by atoms with van der Waals surface area (Å²) in [5, 5.41) is 0. The third kappa shape index (κ3) is 7.02. The molecule has 4 saturated carbocycles. The maximum Gasteiger partial charge on any atom is 0.165 e. The van der Waals surface area contributed by atoms with Crippen molar-refractivity contribution in [2.75, 3.05) is 79.3 Å². The van der Waals surface area contributed by atoms with Crippen LogP contribution in [-0.4, -0.2) is 116 Å². The lowest BCUT2D eigenvalue weighted by Crippen LogP contribution is -2.56. The van der Waals surface area contributed by atoms with Crippen molar-refractivity contribution in [2.45, 2.75) is 86.0 Å². The average molecular weight is 721 g/mol. The van der Waals surface area contributed by atoms with E-state index in [1.165, 1.54) is 17.5 Å². The molecule has 4 aliphatic carbocycles. The van der Waals surface area contributed by atoms with Gasteiger partial charge in [0.05, 0.1) is 39.6 Å². The van der Waals surface area contributed by atoms with E-state index in [2.05, 4.69) is 24.3 Å². The summed E-state index contributed by atoms with van der Waals surface area (Å²) in [5.41, 5.74) is 2.20. The van der Waals surface area contributed by atoms with Gasteiger partial charge in [0.25, 0.3) is 0 Å². The van der Waals surface area contributed by atoms with E-state index in [4.69, 9.17) is 56.8 Å². The van der Waals surface area contributed by atoms with Gasteiger partial charge >= 0.3 is 0 Å². The van der Waals surface area contributed by atoms with Gasteiger partial charge in [0.1, 0.15) is 87.8 Å². The molecule has 0 N–H and O–H groups in total. The molecule has 10 fully saturated rings. The first-order valence-electron chi connectivity index (χ1n) is 19.4. The second-order valence-corrected chi connectivity index (χ2v) is 16.7. The zero-order valence-electron chi connectivity index (χ0n) is 29.6. The summed E-state index contributed by atoms with van der Waals surface area (Å²) in [7, 11) is 0. The number of hydrogen-bond donors (Lipinski definition) is 0. The van der Waals surface area contributed by atoms with Crippen molar-refractivity contribution in [2.24, 2.45) is 11.8 Å². The molecule has 4 bridgehead atoms. The molecule has 52 heavy (non-hydrogen) atoms. The molecule has 6 aliphatic heterocycles. The first kappa shape index (κ1) is 32.4. The predicted octanol–water partition coefficient (Wildman–Crippen LogP) is 4.14. The van der Waals surface area contributed by atoms with Crippen LogP contribution >= 0.6 is 0 Å². The molecule has 2 aromatic rings. The third-order valence-corrected chi connectivity index (χ3v) is 12.3. The van der Waals surface area contributed by atoms with E-state index in [0.29, 0.717) is 63.0 Å². The van der Waals surface area contributed by atoms with Crippen LogP contribution in [0.3, 0.4) is 0 Å². The molecular weight excluding hydrogens is 672 g/mol. The van der Waals surface area contributed by atoms with Crippen LogP contribution in [0.15, 0.2) is 24.3 Å². The molecule has 6 atom stereocenters. The number of ether oxygens (including phenoxy) is 12. The lowest BCUT2D eigenvalue weighted by molar-refractivity contribution is -0.0304. The maximum atomic E-state index is 6.67. The second kappa shape index (κ2) is 12.8. The molecule has 6 heterocycles. The topological polar surface area (TPSA) is 131 Å². The standard InChI is InChI=1S/C40H48O12/c1-23-6-39(31-2-35(49-18-27-12-43-27)37(51-20-29-14-45-29)4-33(31)47-16-25-10-41-25)7-24(1)9-40(8-23,22-39)32-3-36(50-19-28-13-44-28)38(52-21-30-15-46-30)5-34(32)48-17-26-11-42-26/h2-5,23-30H,1,6-22H2. The molecule has 0 amide bonds. The Morgan fingerprint density at radius 1 is 0.404 bits per heavy atom. The molecule has 2 aromatic carbocycles. The van der Waals surface area contributed by atoms with E-state index < -0.39 is 0 Å². The smallest absolute Gasteiger partial charge is 0.165 e. The molecule has 10 aliphatic rings. The predicted molar refractivity (Wildman–Crippen MR) is 182 cm³/mol. The highest BCUT2D eigenvalue weighted by Gasteiger charge is 2.60. The minimum atomic E-state index is -0.117. The lowest BCUT2D eigenvalue weighted by Gasteiger charge is -2.63. The number of epoxide rings is 6. The van der Waals surface area contributed by atoms with Crippen molar-refractivity contribution >= 4 is 0 Å². The van der Waals surface area contributed by atoms with Gasteiger partial charge in [0.2, 0.25) is 0 Å². The molecule has 6 unspecified atom stereocenters. The van der Waals surface area contributed by atoms with E-state index in [-0.39, 0.29) is 47.5 Å². The largest absolute Gasteiger partial charge is 0.490 e. The van der Waals surface area contributed by atoms with Crippen LogP contribution in [0.1, 0.15) is 49.7 Å². The van der Waals surface area contributed by atoms with Crippen LogP contribution in [0, 0.1) is 11.8 Å². The Labute approximate surface area is 303 Å². The highest BCUT2D eigenvalue weighted by Crippen LogP contribution is 2.68. The average Bonchev–Trinajstić information content (AvgIpc) is 3.94. The molecule has 0 radical (unpaired) electrons. The van der Waals surface area contributed by atoms with Gasteiger partial charge in [-0.05, 0) is 62.5 Å². The van der Waals surface area contributed by atoms with Crippen LogP contribution in [0.2, 0.25) is 0 Å². The molecule has 12 heteroatoms. The first-order valence-corrected chi connectivity index (χ1v) is 19.4. The van der Waals surface area contributed by atoms with Crippen LogP contribution in [-0.2, 0) is 39.3 Å². The maximum absolute atomic E-state index is 6.67. The Morgan fingerprint density at radius 2 is 0.673 bits per heavy atom. The quantitative estimate of drug-likeness (QED) is 0.182. The number of hydrogen-bond acceptors (Lipinski definition) is 12. The van der Waals surface area contributed by atoms with Gasteiger partial charge in [-0.2, -0.15) is 0 Å². The van der Waals surface area contributed by atoms with Crippen molar-refractivity contribution in [3.8, 4) is 34.5 Å². The van der Waals surface area contributed by atoms with E-state index in [1.54, 1.807) is 0 Å². The van der Waals surface area contributed by atoms with Gasteiger partial charge in [-0.15, -0.1) is 0 Å². The summed E-state index contributed by atoms with van der Waals surface area (Å²) in [4.78, 5) is 0. The molecule has 6 saturated heterocycles. The Morgan fingerprint density at radius 3 is 0.962 bits per heavy atom. The Kier molecular flexibility index (Phi) is 7.99. The molecule has 280 valence electrons. The Balaban J connectivity index is 0.981. The SMILES string of the molecule is c1c(OCC2CO2)c(OCC2CO2)cc(C23CC4CC(C2)CC(c2cc(OCC5CO5)c(OCC5CO5)cc2OCC2CO2)(C4)C3)c1OCC1CO1. The minimum Gasteiger partial charge on any atom is -0.490 e. The van der Waals surface area contributed by atoms with Gasteiger partial charge in [-0.1, -0.05) is 0 Å². The summed E-state index contributed by atoms with van der Waals surface area (Å²) in [6, 6.07) is 8.61. The second-order valence-electron chi connectivity index (χ2n) is 16.7. The van der Waals surface area contributed by atoms with Crippen LogP contribution in [0.25, 0.3) is 0 Å². The highest BCUT2D eigenvalue weighted by atomic mass is 16.6. The monoisotopic (exact) mass is 720 g/mol. The summed E-state index contributed by atoms with van der Waals surface area (Å²) in [6.07, 6.45) is 7.42. The summed E-state index contributed by atoms with van der Waals surface area (Å²) in [6.45, 7) is 7.37. The van der Waals surface area contributed by atoms with Gasteiger partial charge in [0, 0.05) is 34.1 Å². The lowest BCUT2D eigenvalue weighted by atomic mass is 9.41. The highest BCUT2D eigenvalue weighted by molar-refractivity contribution is 5.58. The van der Waals surface area contributed by atoms with Crippen molar-refractivity contribution in [1.29, 1.82) is 0 Å². The normalized spacial score (nSPS) is 38.0. The van der Waals surface area contributed by atoms with Gasteiger partial charge in [-0.3, -0.25) is 0 Å². The van der Waals surface area contributed by atoms with Crippen molar-refractivity contribution in [3.05, 3.63) is 35.4 Å². The number of benzene rings is 2. The van der Waals surface area contributed by atoms with Gasteiger partial charge < -0.3 is 56.8 Å². The zero-order chi connectivity index (χ0) is 34.3. The molecule has 0 spiro atoms. The van der Waals surface area contributed by atoms with Crippen LogP contribution in [0.4, 0.5) is 0 Å². The van der Waals surface area contributed by atoms with Crippen molar-refractivity contribution < 1.29 is 56.8 Å². The van der Waals surface area contributed by atoms with E-state index in [1.807, 2.05) is 0 Å². The molecule has 12 nitrogen and oxygen atoms in total. The van der Waals surface area contributed by atoms with E-state index in [0.717, 1.165) is 94.7 Å². The zero-order valence-corrected chi connectivity index (χ0v) is 29.6. The van der Waals surface area contributed by atoms with Gasteiger partial charge in [0.15, 0.2) is 23.0 Å². The fourth-order valence-electron chi connectivity index (χ4n) is 9.58. The fraction of sp³-hybridized carbons (Fsp3) is 0.700. The van der Waals surface area contributed by atoms with Crippen molar-refractivity contribution in [3.63, 3.8) is 0 Å². The van der Waals surface area contributed by atoms with Crippen molar-refractivity contribution in [1.82, 2.24) is 0 Å². The number of rotatable bonds is 20. The molecule has 12 rings (SSSR count). The first-order chi connectivity index (χ1) is 25.5. The Bertz CT molecular complexity index is 1520. The van der Waals surface area contributed by atoms with Gasteiger partial charge in [-0.25, -0.2) is 0 Å². The molecular formula is C40H48O12. The van der Waals surface area contributed by atoms with Crippen LogP contribution in [0.5, 0.6) is 34.5 Å². The summed E-state index contributed by atoms with van der Waals surface area (Å²) < 4.78 is 72.1. The summed E-state index contributed by atoms with van der Waals surface area (Å²) in [5.74, 6) is 5.76. The summed E-state index contributed by atoms with van der Waals surface area (Å²) >= 11 is 0. The molecule has 0 aromatic heterocycles. The van der Waals surface area contributed by atoms with E-state index in [9.17, 15) is 0 Å². The van der Waals surface area contributed by atoms with E-state index >= 15 is 0 Å². The Hall–Kier alpha value is -3.00. The minimum absolute atomic E-state index is 0.117. The fourth-order valence-corrected chi connectivity index (χ4v) is 9.58. The third-order valence-electron chi connectivity index (χ3n) is 12.3. The van der Waals surface area contributed by atoms with Crippen LogP contribution < -0.4 is 28.4 Å².